The van der Waals surface area contributed by atoms with Crippen LogP contribution in [-0.2, 0) is 22.4 Å². The number of carbonyl (C=O) groups excluding carboxylic acids is 3. The van der Waals surface area contributed by atoms with Crippen LogP contribution in [0.1, 0.15) is 66.6 Å². The van der Waals surface area contributed by atoms with Gasteiger partial charge in [0.05, 0.1) is 23.6 Å². The molecule has 1 aliphatic rings. The molecular weight excluding hydrogens is 540 g/mol. The topological polar surface area (TPSA) is 144 Å². The smallest absolute Gasteiger partial charge is 0.255 e. The highest BCUT2D eigenvalue weighted by Gasteiger charge is 2.21. The Morgan fingerprint density at radius 2 is 1.72 bits per heavy atom. The van der Waals surface area contributed by atoms with Gasteiger partial charge in [-0.05, 0) is 61.1 Å². The lowest BCUT2D eigenvalue weighted by Crippen LogP contribution is -2.34. The molecule has 0 spiro atoms. The second kappa shape index (κ2) is 15.0. The quantitative estimate of drug-likeness (QED) is 0.264. The van der Waals surface area contributed by atoms with E-state index < -0.39 is 6.04 Å². The third-order valence-corrected chi connectivity index (χ3v) is 7.23. The van der Waals surface area contributed by atoms with E-state index in [4.69, 9.17) is 11.5 Å². The van der Waals surface area contributed by atoms with Crippen LogP contribution in [0.5, 0.6) is 0 Å². The van der Waals surface area contributed by atoms with Crippen molar-refractivity contribution in [1.29, 1.82) is 0 Å². The fraction of sp³-hybridized carbons (Fsp3) is 0.324. The van der Waals surface area contributed by atoms with E-state index in [1.807, 2.05) is 55.2 Å². The first-order valence-corrected chi connectivity index (χ1v) is 14.8. The summed E-state index contributed by atoms with van der Waals surface area (Å²) in [4.78, 5) is 49.6. The number of Topliss-reactive ketones (excluding diaryl/α,β-unsaturated/α-hetero) is 1. The Hall–Kier alpha value is -4.63. The molecule has 224 valence electrons. The monoisotopic (exact) mass is 580 g/mol. The zero-order valence-electron chi connectivity index (χ0n) is 24.9. The summed E-state index contributed by atoms with van der Waals surface area (Å²) in [5.74, 6) is -0.0777. The van der Waals surface area contributed by atoms with Crippen molar-refractivity contribution in [3.05, 3.63) is 94.8 Å². The molecule has 43 heavy (non-hydrogen) atoms. The number of amidine groups is 1. The van der Waals surface area contributed by atoms with E-state index in [0.717, 1.165) is 29.5 Å². The number of carbonyl (C=O) groups is 3. The van der Waals surface area contributed by atoms with Crippen molar-refractivity contribution in [2.24, 2.45) is 16.5 Å². The molecule has 2 aromatic carbocycles. The van der Waals surface area contributed by atoms with Crippen molar-refractivity contribution >= 4 is 40.9 Å². The summed E-state index contributed by atoms with van der Waals surface area (Å²) >= 11 is 0. The molecular formula is C34H40N6O3. The molecule has 0 unspecified atom stereocenters. The first kappa shape index (κ1) is 31.3. The van der Waals surface area contributed by atoms with Gasteiger partial charge < -0.3 is 21.7 Å². The number of aliphatic imine (C=N–C) groups is 1. The molecule has 0 aliphatic carbocycles. The van der Waals surface area contributed by atoms with Crippen LogP contribution in [0.15, 0.2) is 77.6 Å². The molecule has 1 aliphatic heterocycles. The number of nitrogens with zero attached hydrogens (tertiary/aromatic N) is 3. The number of aryl methyl sites for hydroxylation is 1. The van der Waals surface area contributed by atoms with Gasteiger partial charge in [-0.25, -0.2) is 4.99 Å². The highest BCUT2D eigenvalue weighted by atomic mass is 16.2. The molecule has 0 bridgehead atoms. The predicted molar refractivity (Wildman–Crippen MR) is 171 cm³/mol. The number of ketones is 1. The van der Waals surface area contributed by atoms with Gasteiger partial charge >= 0.3 is 0 Å². The minimum atomic E-state index is -0.571. The third-order valence-electron chi connectivity index (χ3n) is 7.23. The number of hydrogen-bond acceptors (Lipinski definition) is 7. The maximum Gasteiger partial charge on any atom is 0.255 e. The van der Waals surface area contributed by atoms with Gasteiger partial charge in [-0.2, -0.15) is 0 Å². The van der Waals surface area contributed by atoms with Crippen LogP contribution in [0.4, 0.5) is 11.4 Å². The minimum absolute atomic E-state index is 0.0227. The number of amides is 2. The maximum atomic E-state index is 13.2. The molecule has 1 atom stereocenters. The summed E-state index contributed by atoms with van der Waals surface area (Å²) in [6.45, 7) is 5.46. The predicted octanol–water partition coefficient (Wildman–Crippen LogP) is 4.83. The second-order valence-electron chi connectivity index (χ2n) is 10.8. The molecule has 9 nitrogen and oxygen atoms in total. The Balaban J connectivity index is 1.41. The van der Waals surface area contributed by atoms with Crippen LogP contribution in [0.2, 0.25) is 0 Å². The number of anilines is 1. The second-order valence-corrected chi connectivity index (χ2v) is 10.8. The zero-order chi connectivity index (χ0) is 30.8. The van der Waals surface area contributed by atoms with Crippen LogP contribution < -0.4 is 16.8 Å². The Morgan fingerprint density at radius 3 is 2.44 bits per heavy atom. The van der Waals surface area contributed by atoms with E-state index in [0.29, 0.717) is 54.3 Å². The van der Waals surface area contributed by atoms with Gasteiger partial charge in [0.15, 0.2) is 0 Å². The van der Waals surface area contributed by atoms with Crippen molar-refractivity contribution in [3.63, 3.8) is 0 Å². The Labute approximate surface area is 253 Å². The van der Waals surface area contributed by atoms with Crippen molar-refractivity contribution in [2.45, 2.75) is 58.4 Å². The van der Waals surface area contributed by atoms with Gasteiger partial charge in [-0.1, -0.05) is 50.2 Å². The average molecular weight is 581 g/mol. The normalized spacial score (nSPS) is 13.2. The zero-order valence-corrected chi connectivity index (χ0v) is 24.9. The molecule has 2 amide bonds. The standard InChI is InChI=1S/C34H40N6O3/c1-3-14-40(15-4-2)34(43)27-18-25-11-12-26(19-30(25)39-32(36)20-27)33(42)38-28-16-24(21-37-22-28)10-13-31(41)29(35)17-23-8-6-5-7-9-23/h5-9,11-12,16,18-19,21-22,29H,3-4,10,13-15,17,20,35H2,1-2H3,(H2,36,39)(H,38,42)/t29-/m0/s1. The lowest BCUT2D eigenvalue weighted by Gasteiger charge is -2.22. The number of aromatic nitrogens is 1. The summed E-state index contributed by atoms with van der Waals surface area (Å²) in [5.41, 5.74) is 16.9. The van der Waals surface area contributed by atoms with Gasteiger partial charge in [-0.15, -0.1) is 0 Å². The van der Waals surface area contributed by atoms with E-state index in [2.05, 4.69) is 15.3 Å². The van der Waals surface area contributed by atoms with Gasteiger partial charge in [-0.3, -0.25) is 19.4 Å². The molecule has 0 radical (unpaired) electrons. The van der Waals surface area contributed by atoms with E-state index in [9.17, 15) is 14.4 Å². The van der Waals surface area contributed by atoms with Crippen LogP contribution in [0, 0.1) is 0 Å². The van der Waals surface area contributed by atoms with Crippen molar-refractivity contribution in [3.8, 4) is 0 Å². The number of benzene rings is 2. The number of nitrogens with one attached hydrogen (secondary N) is 1. The van der Waals surface area contributed by atoms with E-state index in [-0.39, 0.29) is 30.4 Å². The Kier molecular flexibility index (Phi) is 10.9. The number of rotatable bonds is 13. The minimum Gasteiger partial charge on any atom is -0.387 e. The van der Waals surface area contributed by atoms with Crippen molar-refractivity contribution < 1.29 is 14.4 Å². The lowest BCUT2D eigenvalue weighted by molar-refractivity contribution is -0.127. The summed E-state index contributed by atoms with van der Waals surface area (Å²) in [6, 6.07) is 16.1. The van der Waals surface area contributed by atoms with E-state index in [1.54, 1.807) is 36.7 Å². The molecule has 0 saturated heterocycles. The van der Waals surface area contributed by atoms with Gasteiger partial charge in [0.2, 0.25) is 5.91 Å². The van der Waals surface area contributed by atoms with E-state index >= 15 is 0 Å². The molecule has 2 heterocycles. The molecule has 0 saturated carbocycles. The van der Waals surface area contributed by atoms with Crippen LogP contribution >= 0.6 is 0 Å². The molecule has 5 N–H and O–H groups in total. The maximum absolute atomic E-state index is 13.2. The number of nitrogens with two attached hydrogens (primary N) is 2. The SMILES string of the molecule is CCCN(CCC)C(=O)C1=Cc2ccc(C(=O)Nc3cncc(CCC(=O)[C@@H](N)Cc4ccccc4)c3)cc2N=C(N)C1. The number of pyridine rings is 1. The van der Waals surface area contributed by atoms with Gasteiger partial charge in [0.1, 0.15) is 11.6 Å². The summed E-state index contributed by atoms with van der Waals surface area (Å²) in [6.07, 6.45) is 8.29. The van der Waals surface area contributed by atoms with Crippen LogP contribution in [0.25, 0.3) is 6.08 Å². The molecule has 3 aromatic rings. The third kappa shape index (κ3) is 8.68. The molecule has 0 fully saturated rings. The van der Waals surface area contributed by atoms with Crippen molar-refractivity contribution in [2.75, 3.05) is 18.4 Å². The van der Waals surface area contributed by atoms with E-state index in [1.165, 1.54) is 0 Å². The Bertz CT molecular complexity index is 1510. The first-order chi connectivity index (χ1) is 20.8. The Morgan fingerprint density at radius 1 is 0.977 bits per heavy atom. The summed E-state index contributed by atoms with van der Waals surface area (Å²) < 4.78 is 0. The lowest BCUT2D eigenvalue weighted by atomic mass is 9.99. The van der Waals surface area contributed by atoms with Crippen molar-refractivity contribution in [1.82, 2.24) is 9.88 Å². The summed E-state index contributed by atoms with van der Waals surface area (Å²) in [5, 5.41) is 2.88. The van der Waals surface area contributed by atoms with Crippen LogP contribution in [0.3, 0.4) is 0 Å². The highest BCUT2D eigenvalue weighted by Crippen LogP contribution is 2.29. The van der Waals surface area contributed by atoms with Gasteiger partial charge in [0.25, 0.3) is 5.91 Å². The number of hydrogen-bond donors (Lipinski definition) is 3. The largest absolute Gasteiger partial charge is 0.387 e. The van der Waals surface area contributed by atoms with Gasteiger partial charge in [0, 0.05) is 48.8 Å². The van der Waals surface area contributed by atoms with Crippen LogP contribution in [-0.4, -0.2) is 52.4 Å². The molecule has 1 aromatic heterocycles. The molecule has 9 heteroatoms. The average Bonchev–Trinajstić information content (AvgIpc) is 3.17. The number of fused-ring (bicyclic) bond motifs is 1. The highest BCUT2D eigenvalue weighted by molar-refractivity contribution is 6.07. The summed E-state index contributed by atoms with van der Waals surface area (Å²) in [7, 11) is 0. The molecule has 4 rings (SSSR count). The fourth-order valence-electron chi connectivity index (χ4n) is 5.06. The first-order valence-electron chi connectivity index (χ1n) is 14.8. The fourth-order valence-corrected chi connectivity index (χ4v) is 5.06.